The van der Waals surface area contributed by atoms with Crippen LogP contribution in [0.1, 0.15) is 33.6 Å². The minimum Gasteiger partial charge on any atom is -0.306 e. The molecule has 1 aliphatic heterocycles. The Kier molecular flexibility index (Phi) is 3.74. The van der Waals surface area contributed by atoms with Gasteiger partial charge in [0.2, 0.25) is 0 Å². The average molecular weight is 184 g/mol. The van der Waals surface area contributed by atoms with Gasteiger partial charge in [-0.15, -0.1) is 0 Å². The van der Waals surface area contributed by atoms with E-state index in [0.717, 1.165) is 0 Å². The van der Waals surface area contributed by atoms with Crippen molar-refractivity contribution in [2.75, 3.05) is 33.2 Å². The monoisotopic (exact) mass is 184 g/mol. The van der Waals surface area contributed by atoms with Gasteiger partial charge in [-0.1, -0.05) is 13.8 Å². The van der Waals surface area contributed by atoms with E-state index in [0.29, 0.717) is 5.54 Å². The van der Waals surface area contributed by atoms with E-state index in [4.69, 9.17) is 0 Å². The van der Waals surface area contributed by atoms with Crippen LogP contribution in [0.25, 0.3) is 0 Å². The molecule has 0 aromatic carbocycles. The number of hydrogen-bond acceptors (Lipinski definition) is 2. The van der Waals surface area contributed by atoms with E-state index in [1.54, 1.807) is 0 Å². The molecule has 0 saturated carbocycles. The Morgan fingerprint density at radius 3 is 2.00 bits per heavy atom. The molecule has 1 fully saturated rings. The molecule has 1 heterocycles. The third-order valence-electron chi connectivity index (χ3n) is 3.59. The maximum Gasteiger partial charge on any atom is 0.0205 e. The van der Waals surface area contributed by atoms with Gasteiger partial charge in [0.1, 0.15) is 0 Å². The highest BCUT2D eigenvalue weighted by molar-refractivity contribution is 4.90. The van der Waals surface area contributed by atoms with Crippen LogP contribution in [0, 0.1) is 0 Å². The summed E-state index contributed by atoms with van der Waals surface area (Å²) in [6.07, 6.45) is 2.65. The molecule has 0 radical (unpaired) electrons. The number of hydrogen-bond donors (Lipinski definition) is 0. The highest BCUT2D eigenvalue weighted by atomic mass is 15.2. The fraction of sp³-hybridized carbons (Fsp3) is 1.00. The molecule has 0 spiro atoms. The van der Waals surface area contributed by atoms with Crippen molar-refractivity contribution in [3.63, 3.8) is 0 Å². The third-order valence-corrected chi connectivity index (χ3v) is 3.59. The van der Waals surface area contributed by atoms with E-state index < -0.39 is 0 Å². The standard InChI is InChI=1S/C11H24N2/c1-5-13(6-2)11(3)7-9-12(4)10-8-11/h5-10H2,1-4H3. The van der Waals surface area contributed by atoms with Crippen LogP contribution in [0.5, 0.6) is 0 Å². The third kappa shape index (κ3) is 2.44. The maximum atomic E-state index is 2.61. The molecule has 1 saturated heterocycles. The molecule has 2 nitrogen and oxygen atoms in total. The van der Waals surface area contributed by atoms with E-state index >= 15 is 0 Å². The van der Waals surface area contributed by atoms with E-state index in [-0.39, 0.29) is 0 Å². The zero-order valence-corrected chi connectivity index (χ0v) is 9.64. The molecule has 0 bridgehead atoms. The van der Waals surface area contributed by atoms with Crippen molar-refractivity contribution in [1.29, 1.82) is 0 Å². The second-order valence-electron chi connectivity index (χ2n) is 4.47. The SMILES string of the molecule is CCN(CC)C1(C)CCN(C)CC1. The lowest BCUT2D eigenvalue weighted by atomic mass is 9.88. The van der Waals surface area contributed by atoms with Crippen LogP contribution in [0.15, 0.2) is 0 Å². The van der Waals surface area contributed by atoms with E-state index in [1.807, 2.05) is 0 Å². The number of piperidine rings is 1. The van der Waals surface area contributed by atoms with Crippen molar-refractivity contribution in [3.05, 3.63) is 0 Å². The highest BCUT2D eigenvalue weighted by Gasteiger charge is 2.32. The van der Waals surface area contributed by atoms with Crippen LogP contribution in [-0.4, -0.2) is 48.6 Å². The molecule has 0 atom stereocenters. The first kappa shape index (κ1) is 11.0. The van der Waals surface area contributed by atoms with Gasteiger partial charge in [0.05, 0.1) is 0 Å². The molecule has 78 valence electrons. The summed E-state index contributed by atoms with van der Waals surface area (Å²) in [5.74, 6) is 0. The average Bonchev–Trinajstić information content (AvgIpc) is 2.13. The molecular weight excluding hydrogens is 160 g/mol. The van der Waals surface area contributed by atoms with Gasteiger partial charge in [-0.05, 0) is 53.0 Å². The second kappa shape index (κ2) is 4.43. The molecule has 0 aliphatic carbocycles. The molecule has 0 aromatic rings. The van der Waals surface area contributed by atoms with Crippen LogP contribution in [0.2, 0.25) is 0 Å². The summed E-state index contributed by atoms with van der Waals surface area (Å²) in [5.41, 5.74) is 0.468. The van der Waals surface area contributed by atoms with Gasteiger partial charge in [0.25, 0.3) is 0 Å². The maximum absolute atomic E-state index is 2.61. The van der Waals surface area contributed by atoms with Crippen LogP contribution < -0.4 is 0 Å². The van der Waals surface area contributed by atoms with Crippen molar-refractivity contribution in [1.82, 2.24) is 9.80 Å². The summed E-state index contributed by atoms with van der Waals surface area (Å²) in [6.45, 7) is 11.9. The predicted octanol–water partition coefficient (Wildman–Crippen LogP) is 1.81. The Morgan fingerprint density at radius 2 is 1.62 bits per heavy atom. The molecule has 2 heteroatoms. The first-order chi connectivity index (χ1) is 6.12. The Labute approximate surface area is 82.9 Å². The summed E-state index contributed by atoms with van der Waals surface area (Å²) in [6, 6.07) is 0. The zero-order chi connectivity index (χ0) is 9.90. The van der Waals surface area contributed by atoms with Gasteiger partial charge < -0.3 is 4.90 Å². The summed E-state index contributed by atoms with van der Waals surface area (Å²) >= 11 is 0. The fourth-order valence-corrected chi connectivity index (χ4v) is 2.40. The lowest BCUT2D eigenvalue weighted by Gasteiger charge is -2.45. The lowest BCUT2D eigenvalue weighted by molar-refractivity contribution is 0.0499. The Balaban J connectivity index is 2.54. The number of likely N-dealkylation sites (tertiary alicyclic amines) is 1. The van der Waals surface area contributed by atoms with E-state index in [2.05, 4.69) is 37.6 Å². The van der Waals surface area contributed by atoms with Gasteiger partial charge in [-0.2, -0.15) is 0 Å². The van der Waals surface area contributed by atoms with Gasteiger partial charge in [0, 0.05) is 5.54 Å². The van der Waals surface area contributed by atoms with Crippen molar-refractivity contribution < 1.29 is 0 Å². The fourth-order valence-electron chi connectivity index (χ4n) is 2.40. The van der Waals surface area contributed by atoms with Crippen molar-refractivity contribution in [2.24, 2.45) is 0 Å². The predicted molar refractivity (Wildman–Crippen MR) is 58.1 cm³/mol. The summed E-state index contributed by atoms with van der Waals surface area (Å²) in [4.78, 5) is 5.05. The second-order valence-corrected chi connectivity index (χ2v) is 4.47. The topological polar surface area (TPSA) is 6.48 Å². The normalized spacial score (nSPS) is 23.8. The Hall–Kier alpha value is -0.0800. The number of rotatable bonds is 3. The van der Waals surface area contributed by atoms with Crippen molar-refractivity contribution in [3.8, 4) is 0 Å². The van der Waals surface area contributed by atoms with Gasteiger partial charge in [-0.25, -0.2) is 0 Å². The van der Waals surface area contributed by atoms with Crippen molar-refractivity contribution >= 4 is 0 Å². The van der Waals surface area contributed by atoms with Gasteiger partial charge in [-0.3, -0.25) is 4.90 Å². The summed E-state index contributed by atoms with van der Waals surface area (Å²) < 4.78 is 0. The summed E-state index contributed by atoms with van der Waals surface area (Å²) in [7, 11) is 2.22. The first-order valence-electron chi connectivity index (χ1n) is 5.56. The Morgan fingerprint density at radius 1 is 1.15 bits per heavy atom. The molecule has 0 amide bonds. The van der Waals surface area contributed by atoms with Crippen LogP contribution in [0.4, 0.5) is 0 Å². The first-order valence-corrected chi connectivity index (χ1v) is 5.56. The molecule has 13 heavy (non-hydrogen) atoms. The largest absolute Gasteiger partial charge is 0.306 e. The van der Waals surface area contributed by atoms with Crippen LogP contribution in [0.3, 0.4) is 0 Å². The highest BCUT2D eigenvalue weighted by Crippen LogP contribution is 2.27. The van der Waals surface area contributed by atoms with E-state index in [1.165, 1.54) is 39.0 Å². The molecule has 1 rings (SSSR count). The van der Waals surface area contributed by atoms with Crippen LogP contribution >= 0.6 is 0 Å². The minimum absolute atomic E-state index is 0.468. The lowest BCUT2D eigenvalue weighted by Crippen LogP contribution is -2.52. The smallest absolute Gasteiger partial charge is 0.0205 e. The van der Waals surface area contributed by atoms with Crippen LogP contribution in [-0.2, 0) is 0 Å². The van der Waals surface area contributed by atoms with Gasteiger partial charge >= 0.3 is 0 Å². The molecular formula is C11H24N2. The molecule has 0 unspecified atom stereocenters. The zero-order valence-electron chi connectivity index (χ0n) is 9.64. The molecule has 1 aliphatic rings. The minimum atomic E-state index is 0.468. The summed E-state index contributed by atoms with van der Waals surface area (Å²) in [5, 5.41) is 0. The number of nitrogens with zero attached hydrogens (tertiary/aromatic N) is 2. The molecule has 0 N–H and O–H groups in total. The Bertz CT molecular complexity index is 144. The van der Waals surface area contributed by atoms with Crippen molar-refractivity contribution in [2.45, 2.75) is 39.2 Å². The quantitative estimate of drug-likeness (QED) is 0.660. The van der Waals surface area contributed by atoms with E-state index in [9.17, 15) is 0 Å². The molecule has 0 aromatic heterocycles. The van der Waals surface area contributed by atoms with Gasteiger partial charge in [0.15, 0.2) is 0 Å².